The molecule has 6 heteroatoms. The normalized spacial score (nSPS) is 16.1. The maximum absolute atomic E-state index is 12.4. The lowest BCUT2D eigenvalue weighted by atomic mass is 9.73. The van der Waals surface area contributed by atoms with Crippen molar-refractivity contribution in [2.24, 2.45) is 0 Å². The number of aryl methyl sites for hydroxylation is 1. The predicted molar refractivity (Wildman–Crippen MR) is 108 cm³/mol. The van der Waals surface area contributed by atoms with E-state index in [9.17, 15) is 4.79 Å². The number of urea groups is 1. The molecule has 1 fully saturated rings. The zero-order valence-electron chi connectivity index (χ0n) is 14.7. The van der Waals surface area contributed by atoms with E-state index in [0.29, 0.717) is 22.3 Å². The van der Waals surface area contributed by atoms with Gasteiger partial charge < -0.3 is 16.0 Å². The van der Waals surface area contributed by atoms with E-state index in [-0.39, 0.29) is 11.4 Å². The number of rotatable bonds is 4. The van der Waals surface area contributed by atoms with Crippen molar-refractivity contribution in [1.82, 2.24) is 10.6 Å². The van der Waals surface area contributed by atoms with Crippen molar-refractivity contribution in [3.05, 3.63) is 63.6 Å². The Morgan fingerprint density at radius 3 is 2.31 bits per heavy atom. The second kappa shape index (κ2) is 8.30. The summed E-state index contributed by atoms with van der Waals surface area (Å²) in [5.74, 6) is 0. The fourth-order valence-corrected chi connectivity index (χ4v) is 3.96. The highest BCUT2D eigenvalue weighted by molar-refractivity contribution is 6.35. The number of hydrogen-bond acceptors (Lipinski definition) is 2. The van der Waals surface area contributed by atoms with Gasteiger partial charge in [0.1, 0.15) is 0 Å². The van der Waals surface area contributed by atoms with Gasteiger partial charge in [-0.05, 0) is 56.6 Å². The van der Waals surface area contributed by atoms with Crippen LogP contribution in [0.1, 0.15) is 24.0 Å². The van der Waals surface area contributed by atoms with Crippen molar-refractivity contribution < 1.29 is 4.79 Å². The van der Waals surface area contributed by atoms with Crippen LogP contribution in [0, 0.1) is 6.92 Å². The van der Waals surface area contributed by atoms with Crippen LogP contribution in [-0.2, 0) is 5.41 Å². The van der Waals surface area contributed by atoms with Gasteiger partial charge in [0.15, 0.2) is 0 Å². The molecule has 0 aromatic heterocycles. The summed E-state index contributed by atoms with van der Waals surface area (Å²) in [6.07, 6.45) is 1.97. The lowest BCUT2D eigenvalue weighted by Crippen LogP contribution is -2.48. The summed E-state index contributed by atoms with van der Waals surface area (Å²) in [6.45, 7) is 4.56. The Kier molecular flexibility index (Phi) is 6.07. The molecule has 138 valence electrons. The first-order chi connectivity index (χ1) is 12.5. The van der Waals surface area contributed by atoms with Crippen molar-refractivity contribution in [3.63, 3.8) is 0 Å². The fourth-order valence-electron chi connectivity index (χ4n) is 3.43. The Bertz CT molecular complexity index is 751. The lowest BCUT2D eigenvalue weighted by Gasteiger charge is -2.38. The molecule has 1 saturated heterocycles. The summed E-state index contributed by atoms with van der Waals surface area (Å²) >= 11 is 12.0. The molecule has 2 aromatic rings. The summed E-state index contributed by atoms with van der Waals surface area (Å²) in [4.78, 5) is 12.4. The molecule has 0 unspecified atom stereocenters. The highest BCUT2D eigenvalue weighted by Crippen LogP contribution is 2.33. The summed E-state index contributed by atoms with van der Waals surface area (Å²) in [5, 5.41) is 10.2. The monoisotopic (exact) mass is 391 g/mol. The molecule has 26 heavy (non-hydrogen) atoms. The number of anilines is 1. The molecule has 0 aliphatic carbocycles. The van der Waals surface area contributed by atoms with Crippen LogP contribution >= 0.6 is 23.2 Å². The molecule has 4 nitrogen and oxygen atoms in total. The Hall–Kier alpha value is -1.75. The van der Waals surface area contributed by atoms with Gasteiger partial charge in [0, 0.05) is 27.7 Å². The topological polar surface area (TPSA) is 53.2 Å². The van der Waals surface area contributed by atoms with Crippen molar-refractivity contribution in [2.45, 2.75) is 25.2 Å². The van der Waals surface area contributed by atoms with E-state index in [1.807, 2.05) is 0 Å². The highest BCUT2D eigenvalue weighted by Gasteiger charge is 2.34. The van der Waals surface area contributed by atoms with Crippen LogP contribution in [0.3, 0.4) is 0 Å². The minimum absolute atomic E-state index is 0.0533. The van der Waals surface area contributed by atoms with Crippen LogP contribution in [0.25, 0.3) is 0 Å². The lowest BCUT2D eigenvalue weighted by molar-refractivity contribution is 0.242. The average molecular weight is 392 g/mol. The van der Waals surface area contributed by atoms with Crippen LogP contribution in [-0.4, -0.2) is 25.7 Å². The van der Waals surface area contributed by atoms with Crippen LogP contribution < -0.4 is 16.0 Å². The summed E-state index contributed by atoms with van der Waals surface area (Å²) in [6, 6.07) is 13.3. The predicted octanol–water partition coefficient (Wildman–Crippen LogP) is 4.74. The van der Waals surface area contributed by atoms with Gasteiger partial charge in [0.05, 0.1) is 0 Å². The number of carbonyl (C=O) groups excluding carboxylic acids is 1. The Balaban J connectivity index is 1.69. The van der Waals surface area contributed by atoms with E-state index < -0.39 is 0 Å². The van der Waals surface area contributed by atoms with Crippen LogP contribution in [0.15, 0.2) is 42.5 Å². The largest absolute Gasteiger partial charge is 0.337 e. The molecule has 0 atom stereocenters. The number of hydrogen-bond donors (Lipinski definition) is 3. The number of nitrogens with one attached hydrogen (secondary N) is 3. The quantitative estimate of drug-likeness (QED) is 0.704. The first-order valence-electron chi connectivity index (χ1n) is 8.76. The van der Waals surface area contributed by atoms with E-state index in [2.05, 4.69) is 47.1 Å². The number of carbonyl (C=O) groups is 1. The Morgan fingerprint density at radius 1 is 1.08 bits per heavy atom. The molecular weight excluding hydrogens is 369 g/mol. The first kappa shape index (κ1) is 19.0. The molecular formula is C20H23Cl2N3O. The first-order valence-corrected chi connectivity index (χ1v) is 9.51. The fraction of sp³-hybridized carbons (Fsp3) is 0.350. The zero-order chi connectivity index (χ0) is 18.6. The minimum Gasteiger partial charge on any atom is -0.337 e. The van der Waals surface area contributed by atoms with Crippen LogP contribution in [0.5, 0.6) is 0 Å². The summed E-state index contributed by atoms with van der Waals surface area (Å²) in [5.41, 5.74) is 3.04. The number of amides is 2. The van der Waals surface area contributed by atoms with E-state index in [1.165, 1.54) is 11.1 Å². The van der Waals surface area contributed by atoms with E-state index >= 15 is 0 Å². The molecule has 1 aliphatic heterocycles. The molecule has 2 aromatic carbocycles. The van der Waals surface area contributed by atoms with E-state index in [4.69, 9.17) is 23.2 Å². The van der Waals surface area contributed by atoms with Crippen molar-refractivity contribution in [1.29, 1.82) is 0 Å². The second-order valence-electron chi connectivity index (χ2n) is 6.86. The van der Waals surface area contributed by atoms with Gasteiger partial charge in [-0.3, -0.25) is 0 Å². The van der Waals surface area contributed by atoms with Gasteiger partial charge in [0.2, 0.25) is 0 Å². The molecule has 1 heterocycles. The third-order valence-electron chi connectivity index (χ3n) is 4.93. The van der Waals surface area contributed by atoms with Gasteiger partial charge in [-0.25, -0.2) is 4.79 Å². The minimum atomic E-state index is -0.256. The summed E-state index contributed by atoms with van der Waals surface area (Å²) in [7, 11) is 0. The molecule has 2 amide bonds. The molecule has 0 saturated carbocycles. The van der Waals surface area contributed by atoms with Gasteiger partial charge in [-0.2, -0.15) is 0 Å². The van der Waals surface area contributed by atoms with Gasteiger partial charge in [0.25, 0.3) is 0 Å². The average Bonchev–Trinajstić information content (AvgIpc) is 2.60. The molecule has 3 N–H and O–H groups in total. The summed E-state index contributed by atoms with van der Waals surface area (Å²) < 4.78 is 0. The number of halogens is 2. The van der Waals surface area contributed by atoms with Crippen LogP contribution in [0.4, 0.5) is 10.5 Å². The number of benzene rings is 2. The Labute approximate surface area is 164 Å². The van der Waals surface area contributed by atoms with Crippen molar-refractivity contribution in [2.75, 3.05) is 25.0 Å². The van der Waals surface area contributed by atoms with Gasteiger partial charge in [-0.1, -0.05) is 53.0 Å². The molecule has 0 spiro atoms. The maximum Gasteiger partial charge on any atom is 0.319 e. The van der Waals surface area contributed by atoms with Gasteiger partial charge >= 0.3 is 6.03 Å². The second-order valence-corrected chi connectivity index (χ2v) is 7.74. The van der Waals surface area contributed by atoms with E-state index in [0.717, 1.165) is 25.9 Å². The SMILES string of the molecule is Cc1ccc(C2(CNC(=O)Nc3cc(Cl)cc(Cl)c3)CCNCC2)cc1. The van der Waals surface area contributed by atoms with Crippen LogP contribution in [0.2, 0.25) is 10.0 Å². The standard InChI is InChI=1S/C20H23Cl2N3O/c1-14-2-4-15(5-3-14)20(6-8-23-9-7-20)13-24-19(26)25-18-11-16(21)10-17(22)12-18/h2-5,10-12,23H,6-9,13H2,1H3,(H2,24,25,26). The molecule has 0 bridgehead atoms. The molecule has 3 rings (SSSR count). The highest BCUT2D eigenvalue weighted by atomic mass is 35.5. The van der Waals surface area contributed by atoms with Crippen molar-refractivity contribution >= 4 is 34.9 Å². The smallest absolute Gasteiger partial charge is 0.319 e. The Morgan fingerprint density at radius 2 is 1.69 bits per heavy atom. The third-order valence-corrected chi connectivity index (χ3v) is 5.37. The third kappa shape index (κ3) is 4.70. The molecule has 1 aliphatic rings. The number of piperidine rings is 1. The zero-order valence-corrected chi connectivity index (χ0v) is 16.3. The van der Waals surface area contributed by atoms with E-state index in [1.54, 1.807) is 18.2 Å². The molecule has 0 radical (unpaired) electrons. The van der Waals surface area contributed by atoms with Crippen molar-refractivity contribution in [3.8, 4) is 0 Å². The maximum atomic E-state index is 12.4. The van der Waals surface area contributed by atoms with Gasteiger partial charge in [-0.15, -0.1) is 0 Å².